The van der Waals surface area contributed by atoms with Crippen molar-refractivity contribution in [2.45, 2.75) is 32.2 Å². The van der Waals surface area contributed by atoms with E-state index >= 15 is 0 Å². The second-order valence-corrected chi connectivity index (χ2v) is 5.94. The first-order valence-electron chi connectivity index (χ1n) is 7.91. The van der Waals surface area contributed by atoms with E-state index in [1.54, 1.807) is 12.4 Å². The van der Waals surface area contributed by atoms with Crippen LogP contribution in [0.5, 0.6) is 0 Å². The fraction of sp³-hybridized carbons (Fsp3) is 0.444. The van der Waals surface area contributed by atoms with E-state index in [-0.39, 0.29) is 0 Å². The highest BCUT2D eigenvalue weighted by Crippen LogP contribution is 2.23. The normalized spacial score (nSPS) is 17.0. The molecule has 0 aliphatic carbocycles. The number of aryl methyl sites for hydroxylation is 1. The van der Waals surface area contributed by atoms with E-state index in [1.807, 2.05) is 6.20 Å². The summed E-state index contributed by atoms with van der Waals surface area (Å²) in [5, 5.41) is 0. The van der Waals surface area contributed by atoms with Gasteiger partial charge in [0.15, 0.2) is 0 Å². The van der Waals surface area contributed by atoms with Crippen molar-refractivity contribution >= 4 is 0 Å². The minimum absolute atomic E-state index is 0.846. The van der Waals surface area contributed by atoms with Crippen molar-refractivity contribution < 1.29 is 0 Å². The van der Waals surface area contributed by atoms with E-state index in [4.69, 9.17) is 0 Å². The predicted molar refractivity (Wildman–Crippen MR) is 84.8 cm³/mol. The average Bonchev–Trinajstić information content (AvgIpc) is 2.56. The molecule has 2 heterocycles. The Hall–Kier alpha value is -1.74. The van der Waals surface area contributed by atoms with Crippen LogP contribution >= 0.6 is 0 Å². The Morgan fingerprint density at radius 2 is 1.86 bits per heavy atom. The molecule has 21 heavy (non-hydrogen) atoms. The van der Waals surface area contributed by atoms with Crippen molar-refractivity contribution in [1.29, 1.82) is 0 Å². The highest BCUT2D eigenvalue weighted by atomic mass is 15.1. The number of rotatable bonds is 5. The van der Waals surface area contributed by atoms with Crippen LogP contribution in [-0.4, -0.2) is 28.0 Å². The van der Waals surface area contributed by atoms with E-state index in [0.717, 1.165) is 24.6 Å². The standard InChI is InChI=1S/C18H23N3/c1-2-4-17(5-3-1)15-21-12-8-16(9-13-21)6-7-18-14-19-10-11-20-18/h1-5,10-11,14,16H,6-9,12-13,15H2. The number of hydrogen-bond acceptors (Lipinski definition) is 3. The molecule has 0 saturated carbocycles. The lowest BCUT2D eigenvalue weighted by Gasteiger charge is -2.32. The third kappa shape index (κ3) is 4.36. The Bertz CT molecular complexity index is 519. The van der Waals surface area contributed by atoms with Crippen LogP contribution in [0, 0.1) is 5.92 Å². The third-order valence-corrected chi connectivity index (χ3v) is 4.38. The summed E-state index contributed by atoms with van der Waals surface area (Å²) in [6, 6.07) is 10.8. The molecule has 1 fully saturated rings. The van der Waals surface area contributed by atoms with Crippen molar-refractivity contribution in [3.05, 3.63) is 60.2 Å². The van der Waals surface area contributed by atoms with E-state index in [2.05, 4.69) is 45.2 Å². The summed E-state index contributed by atoms with van der Waals surface area (Å²) < 4.78 is 0. The largest absolute Gasteiger partial charge is 0.299 e. The van der Waals surface area contributed by atoms with Crippen molar-refractivity contribution in [2.75, 3.05) is 13.1 Å². The Morgan fingerprint density at radius 1 is 1.05 bits per heavy atom. The lowest BCUT2D eigenvalue weighted by Crippen LogP contribution is -2.33. The molecule has 1 saturated heterocycles. The molecule has 0 unspecified atom stereocenters. The quantitative estimate of drug-likeness (QED) is 0.842. The SMILES string of the molecule is c1ccc(CN2CCC(CCc3cnccn3)CC2)cc1. The predicted octanol–water partition coefficient (Wildman–Crippen LogP) is 3.32. The van der Waals surface area contributed by atoms with Gasteiger partial charge >= 0.3 is 0 Å². The van der Waals surface area contributed by atoms with Crippen LogP contribution in [0.15, 0.2) is 48.9 Å². The van der Waals surface area contributed by atoms with Gasteiger partial charge in [-0.15, -0.1) is 0 Å². The molecule has 1 aliphatic heterocycles. The van der Waals surface area contributed by atoms with Gasteiger partial charge in [0.05, 0.1) is 5.69 Å². The topological polar surface area (TPSA) is 29.0 Å². The zero-order valence-corrected chi connectivity index (χ0v) is 12.5. The van der Waals surface area contributed by atoms with Gasteiger partial charge in [-0.1, -0.05) is 30.3 Å². The van der Waals surface area contributed by atoms with Crippen LogP contribution in [0.3, 0.4) is 0 Å². The van der Waals surface area contributed by atoms with Crippen LogP contribution in [0.4, 0.5) is 0 Å². The second-order valence-electron chi connectivity index (χ2n) is 5.94. The molecule has 1 aliphatic rings. The van der Waals surface area contributed by atoms with Crippen LogP contribution in [0.2, 0.25) is 0 Å². The Kier molecular flexibility index (Phi) is 4.95. The highest BCUT2D eigenvalue weighted by Gasteiger charge is 2.19. The summed E-state index contributed by atoms with van der Waals surface area (Å²) in [4.78, 5) is 11.1. The maximum Gasteiger partial charge on any atom is 0.0586 e. The summed E-state index contributed by atoms with van der Waals surface area (Å²) in [7, 11) is 0. The summed E-state index contributed by atoms with van der Waals surface area (Å²) in [6.07, 6.45) is 10.4. The van der Waals surface area contributed by atoms with Crippen molar-refractivity contribution in [1.82, 2.24) is 14.9 Å². The van der Waals surface area contributed by atoms with E-state index < -0.39 is 0 Å². The summed E-state index contributed by atoms with van der Waals surface area (Å²) in [5.74, 6) is 0.846. The van der Waals surface area contributed by atoms with E-state index in [1.165, 1.54) is 37.9 Å². The van der Waals surface area contributed by atoms with Crippen LogP contribution < -0.4 is 0 Å². The molecular formula is C18H23N3. The minimum Gasteiger partial charge on any atom is -0.299 e. The molecule has 0 bridgehead atoms. The smallest absolute Gasteiger partial charge is 0.0586 e. The van der Waals surface area contributed by atoms with Gasteiger partial charge in [0.2, 0.25) is 0 Å². The molecule has 0 amide bonds. The number of piperidine rings is 1. The van der Waals surface area contributed by atoms with Gasteiger partial charge in [-0.25, -0.2) is 0 Å². The third-order valence-electron chi connectivity index (χ3n) is 4.38. The highest BCUT2D eigenvalue weighted by molar-refractivity contribution is 5.14. The first-order valence-corrected chi connectivity index (χ1v) is 7.91. The maximum atomic E-state index is 4.36. The number of nitrogens with zero attached hydrogens (tertiary/aromatic N) is 3. The summed E-state index contributed by atoms with van der Waals surface area (Å²) in [5.41, 5.74) is 2.56. The van der Waals surface area contributed by atoms with Crippen LogP contribution in [0.1, 0.15) is 30.5 Å². The van der Waals surface area contributed by atoms with Crippen LogP contribution in [-0.2, 0) is 13.0 Å². The number of likely N-dealkylation sites (tertiary alicyclic amines) is 1. The average molecular weight is 281 g/mol. The zero-order chi connectivity index (χ0) is 14.3. The molecule has 0 atom stereocenters. The Balaban J connectivity index is 1.41. The van der Waals surface area contributed by atoms with E-state index in [0.29, 0.717) is 0 Å². The second kappa shape index (κ2) is 7.32. The van der Waals surface area contributed by atoms with Crippen molar-refractivity contribution in [2.24, 2.45) is 5.92 Å². The van der Waals surface area contributed by atoms with Crippen molar-refractivity contribution in [3.8, 4) is 0 Å². The van der Waals surface area contributed by atoms with Gasteiger partial charge in [0, 0.05) is 25.1 Å². The van der Waals surface area contributed by atoms with Crippen LogP contribution in [0.25, 0.3) is 0 Å². The molecule has 0 N–H and O–H groups in total. The van der Waals surface area contributed by atoms with Crippen molar-refractivity contribution in [3.63, 3.8) is 0 Å². The van der Waals surface area contributed by atoms with Gasteiger partial charge in [-0.05, 0) is 50.3 Å². The zero-order valence-electron chi connectivity index (χ0n) is 12.5. The molecule has 3 nitrogen and oxygen atoms in total. The fourth-order valence-corrected chi connectivity index (χ4v) is 3.09. The van der Waals surface area contributed by atoms with Gasteiger partial charge in [-0.2, -0.15) is 0 Å². The molecular weight excluding hydrogens is 258 g/mol. The number of hydrogen-bond donors (Lipinski definition) is 0. The maximum absolute atomic E-state index is 4.36. The van der Waals surface area contributed by atoms with Gasteiger partial charge in [-0.3, -0.25) is 14.9 Å². The van der Waals surface area contributed by atoms with Gasteiger partial charge in [0.1, 0.15) is 0 Å². The van der Waals surface area contributed by atoms with Gasteiger partial charge in [0.25, 0.3) is 0 Å². The monoisotopic (exact) mass is 281 g/mol. The van der Waals surface area contributed by atoms with Gasteiger partial charge < -0.3 is 0 Å². The molecule has 1 aromatic carbocycles. The molecule has 0 radical (unpaired) electrons. The first-order chi connectivity index (χ1) is 10.4. The fourth-order valence-electron chi connectivity index (χ4n) is 3.09. The first kappa shape index (κ1) is 14.2. The molecule has 110 valence electrons. The lowest BCUT2D eigenvalue weighted by atomic mass is 9.91. The molecule has 1 aromatic heterocycles. The minimum atomic E-state index is 0.846. The molecule has 3 rings (SSSR count). The molecule has 3 heteroatoms. The van der Waals surface area contributed by atoms with E-state index in [9.17, 15) is 0 Å². The number of aromatic nitrogens is 2. The molecule has 2 aromatic rings. The number of benzene rings is 1. The summed E-state index contributed by atoms with van der Waals surface area (Å²) in [6.45, 7) is 3.54. The Morgan fingerprint density at radius 3 is 2.57 bits per heavy atom. The summed E-state index contributed by atoms with van der Waals surface area (Å²) >= 11 is 0. The lowest BCUT2D eigenvalue weighted by molar-refractivity contribution is 0.172. The molecule has 0 spiro atoms. The Labute approximate surface area is 127 Å².